The van der Waals surface area contributed by atoms with Crippen LogP contribution in [-0.2, 0) is 0 Å². The number of halogens is 2. The van der Waals surface area contributed by atoms with Crippen LogP contribution in [-0.4, -0.2) is 29.3 Å². The van der Waals surface area contributed by atoms with Crippen molar-refractivity contribution in [3.8, 4) is 0 Å². The van der Waals surface area contributed by atoms with E-state index in [9.17, 15) is 4.39 Å². The van der Waals surface area contributed by atoms with Crippen LogP contribution < -0.4 is 15.5 Å². The average Bonchev–Trinajstić information content (AvgIpc) is 2.59. The summed E-state index contributed by atoms with van der Waals surface area (Å²) in [5.74, 6) is 0.323. The monoisotopic (exact) mass is 358 g/mol. The van der Waals surface area contributed by atoms with E-state index in [1.807, 2.05) is 43.3 Å². The molecule has 6 nitrogen and oxygen atoms in total. The summed E-state index contributed by atoms with van der Waals surface area (Å²) >= 11 is 5.77. The van der Waals surface area contributed by atoms with E-state index in [2.05, 4.69) is 25.8 Å². The summed E-state index contributed by atoms with van der Waals surface area (Å²) in [5.41, 5.74) is 2.55. The van der Waals surface area contributed by atoms with Crippen molar-refractivity contribution < 1.29 is 4.39 Å². The van der Waals surface area contributed by atoms with E-state index >= 15 is 0 Å². The van der Waals surface area contributed by atoms with Crippen LogP contribution in [0.15, 0.2) is 48.7 Å². The summed E-state index contributed by atoms with van der Waals surface area (Å²) in [4.78, 5) is 6.35. The number of aromatic nitrogens is 3. The van der Waals surface area contributed by atoms with Gasteiger partial charge in [-0.25, -0.2) is 4.39 Å². The first-order valence-corrected chi connectivity index (χ1v) is 7.85. The fourth-order valence-electron chi connectivity index (χ4n) is 2.11. The summed E-state index contributed by atoms with van der Waals surface area (Å²) in [6, 6.07) is 12.2. The van der Waals surface area contributed by atoms with Crippen LogP contribution in [0.4, 0.5) is 33.2 Å². The van der Waals surface area contributed by atoms with Gasteiger partial charge in [0.05, 0.1) is 11.2 Å². The van der Waals surface area contributed by atoms with Gasteiger partial charge in [0.2, 0.25) is 5.95 Å². The van der Waals surface area contributed by atoms with Gasteiger partial charge in [-0.3, -0.25) is 0 Å². The molecule has 0 unspecified atom stereocenters. The van der Waals surface area contributed by atoms with Gasteiger partial charge < -0.3 is 15.5 Å². The van der Waals surface area contributed by atoms with Gasteiger partial charge in [0.15, 0.2) is 5.82 Å². The molecule has 0 aliphatic rings. The molecule has 1 aromatic heterocycles. The van der Waals surface area contributed by atoms with Gasteiger partial charge in [0, 0.05) is 31.2 Å². The zero-order valence-corrected chi connectivity index (χ0v) is 14.4. The van der Waals surface area contributed by atoms with Crippen LogP contribution in [0, 0.1) is 5.82 Å². The highest BCUT2D eigenvalue weighted by atomic mass is 35.5. The fourth-order valence-corrected chi connectivity index (χ4v) is 2.29. The van der Waals surface area contributed by atoms with Gasteiger partial charge in [0.1, 0.15) is 5.82 Å². The molecule has 0 atom stereocenters. The Labute approximate surface area is 149 Å². The van der Waals surface area contributed by atoms with E-state index < -0.39 is 5.82 Å². The highest BCUT2D eigenvalue weighted by Gasteiger charge is 2.05. The second-order valence-electron chi connectivity index (χ2n) is 5.49. The molecule has 0 radical (unpaired) electrons. The molecular weight excluding hydrogens is 343 g/mol. The van der Waals surface area contributed by atoms with Crippen LogP contribution in [0.25, 0.3) is 0 Å². The highest BCUT2D eigenvalue weighted by molar-refractivity contribution is 6.31. The smallest absolute Gasteiger partial charge is 0.249 e. The molecule has 0 spiro atoms. The maximum absolute atomic E-state index is 13.2. The lowest BCUT2D eigenvalue weighted by Gasteiger charge is -2.13. The van der Waals surface area contributed by atoms with Gasteiger partial charge in [-0.2, -0.15) is 10.1 Å². The SMILES string of the molecule is CN(C)c1ccc(Nc2cnnc(Nc3ccc(F)c(Cl)c3)n2)cc1. The standard InChI is InChI=1S/C17H16ClFN6/c1-25(2)13-6-3-11(4-7-13)21-16-10-20-24-17(23-16)22-12-5-8-15(19)14(18)9-12/h3-10H,1-2H3,(H2,21,22,23,24). The molecule has 128 valence electrons. The molecule has 25 heavy (non-hydrogen) atoms. The molecule has 8 heteroatoms. The van der Waals surface area contributed by atoms with Gasteiger partial charge in [-0.15, -0.1) is 5.10 Å². The summed E-state index contributed by atoms with van der Waals surface area (Å²) < 4.78 is 13.2. The number of hydrogen-bond donors (Lipinski definition) is 2. The largest absolute Gasteiger partial charge is 0.378 e. The topological polar surface area (TPSA) is 66.0 Å². The summed E-state index contributed by atoms with van der Waals surface area (Å²) in [6.45, 7) is 0. The third-order valence-electron chi connectivity index (χ3n) is 3.39. The van der Waals surface area contributed by atoms with E-state index in [4.69, 9.17) is 11.6 Å². The molecule has 0 saturated carbocycles. The van der Waals surface area contributed by atoms with Crippen LogP contribution in [0.1, 0.15) is 0 Å². The Morgan fingerprint density at radius 3 is 2.40 bits per heavy atom. The molecule has 0 aliphatic heterocycles. The molecular formula is C17H16ClFN6. The normalized spacial score (nSPS) is 10.4. The van der Waals surface area contributed by atoms with Gasteiger partial charge in [-0.1, -0.05) is 11.6 Å². The summed E-state index contributed by atoms with van der Waals surface area (Å²) in [7, 11) is 3.97. The van der Waals surface area contributed by atoms with E-state index in [1.54, 1.807) is 6.07 Å². The van der Waals surface area contributed by atoms with E-state index in [1.165, 1.54) is 18.3 Å². The fraction of sp³-hybridized carbons (Fsp3) is 0.118. The van der Waals surface area contributed by atoms with Crippen molar-refractivity contribution in [3.05, 3.63) is 59.5 Å². The maximum Gasteiger partial charge on any atom is 0.249 e. The van der Waals surface area contributed by atoms with Crippen molar-refractivity contribution in [1.29, 1.82) is 0 Å². The third kappa shape index (κ3) is 4.33. The first-order chi connectivity index (χ1) is 12.0. The third-order valence-corrected chi connectivity index (χ3v) is 3.68. The maximum atomic E-state index is 13.2. The Morgan fingerprint density at radius 1 is 1.00 bits per heavy atom. The molecule has 0 aliphatic carbocycles. The van der Waals surface area contributed by atoms with Crippen LogP contribution in [0.5, 0.6) is 0 Å². The van der Waals surface area contributed by atoms with E-state index in [0.29, 0.717) is 11.5 Å². The van der Waals surface area contributed by atoms with Gasteiger partial charge >= 0.3 is 0 Å². The van der Waals surface area contributed by atoms with Gasteiger partial charge in [-0.05, 0) is 42.5 Å². The van der Waals surface area contributed by atoms with Crippen molar-refractivity contribution in [2.45, 2.75) is 0 Å². The molecule has 3 rings (SSSR count). The van der Waals surface area contributed by atoms with E-state index in [0.717, 1.165) is 11.4 Å². The molecule has 0 bridgehead atoms. The van der Waals surface area contributed by atoms with Crippen LogP contribution in [0.3, 0.4) is 0 Å². The lowest BCUT2D eigenvalue weighted by molar-refractivity contribution is 0.628. The summed E-state index contributed by atoms with van der Waals surface area (Å²) in [6.07, 6.45) is 1.52. The van der Waals surface area contributed by atoms with Crippen molar-refractivity contribution in [2.75, 3.05) is 29.6 Å². The number of anilines is 5. The number of nitrogens with one attached hydrogen (secondary N) is 2. The van der Waals surface area contributed by atoms with Gasteiger partial charge in [0.25, 0.3) is 0 Å². The minimum Gasteiger partial charge on any atom is -0.378 e. The first-order valence-electron chi connectivity index (χ1n) is 7.47. The predicted molar refractivity (Wildman–Crippen MR) is 98.6 cm³/mol. The Balaban J connectivity index is 1.73. The zero-order chi connectivity index (χ0) is 17.8. The summed E-state index contributed by atoms with van der Waals surface area (Å²) in [5, 5.41) is 13.9. The van der Waals surface area contributed by atoms with Crippen molar-refractivity contribution in [3.63, 3.8) is 0 Å². The van der Waals surface area contributed by atoms with Crippen LogP contribution in [0.2, 0.25) is 5.02 Å². The van der Waals surface area contributed by atoms with Crippen molar-refractivity contribution >= 4 is 40.4 Å². The Morgan fingerprint density at radius 2 is 1.72 bits per heavy atom. The zero-order valence-electron chi connectivity index (χ0n) is 13.7. The second kappa shape index (κ2) is 7.31. The predicted octanol–water partition coefficient (Wildman–Crippen LogP) is 4.22. The molecule has 1 heterocycles. The second-order valence-corrected chi connectivity index (χ2v) is 5.89. The number of hydrogen-bond acceptors (Lipinski definition) is 6. The van der Waals surface area contributed by atoms with Crippen LogP contribution >= 0.6 is 11.6 Å². The number of benzene rings is 2. The quantitative estimate of drug-likeness (QED) is 0.712. The Hall–Kier alpha value is -2.93. The molecule has 3 aromatic rings. The molecule has 2 N–H and O–H groups in total. The minimum atomic E-state index is -0.483. The average molecular weight is 359 g/mol. The lowest BCUT2D eigenvalue weighted by atomic mass is 10.2. The number of nitrogens with zero attached hydrogens (tertiary/aromatic N) is 4. The first kappa shape index (κ1) is 16.9. The molecule has 0 saturated heterocycles. The molecule has 2 aromatic carbocycles. The van der Waals surface area contributed by atoms with Crippen molar-refractivity contribution in [1.82, 2.24) is 15.2 Å². The highest BCUT2D eigenvalue weighted by Crippen LogP contribution is 2.22. The Kier molecular flexibility index (Phi) is 4.95. The molecule has 0 amide bonds. The van der Waals surface area contributed by atoms with Crippen molar-refractivity contribution in [2.24, 2.45) is 0 Å². The molecule has 0 fully saturated rings. The minimum absolute atomic E-state index is 0.0215. The Bertz CT molecular complexity index is 869. The lowest BCUT2D eigenvalue weighted by Crippen LogP contribution is -2.08. The number of rotatable bonds is 5. The van der Waals surface area contributed by atoms with E-state index in [-0.39, 0.29) is 11.0 Å².